The van der Waals surface area contributed by atoms with Crippen molar-refractivity contribution in [1.82, 2.24) is 0 Å². The third kappa shape index (κ3) is 6.60. The molecule has 0 bridgehead atoms. The summed E-state index contributed by atoms with van der Waals surface area (Å²) in [5, 5.41) is 2.93. The second-order valence-corrected chi connectivity index (χ2v) is 6.46. The van der Waals surface area contributed by atoms with E-state index in [-0.39, 0.29) is 0 Å². The minimum atomic E-state index is 0.599. The maximum Gasteiger partial charge on any atom is 0.179 e. The molecule has 2 aromatic rings. The molecule has 0 saturated heterocycles. The first kappa shape index (κ1) is 19.6. The van der Waals surface area contributed by atoms with E-state index in [1.54, 1.807) is 0 Å². The van der Waals surface area contributed by atoms with Crippen LogP contribution >= 0.6 is 11.6 Å². The standard InChI is InChI=1S/C21H28ClNO2/c1-3-5-13-25-21-19(22)14-18(15-20(21)24-4-2)16-23-12-11-17-9-7-6-8-10-17/h6-10,14-15,23H,3-5,11-13,16H2,1-2H3/p+1. The number of nitrogens with two attached hydrogens (primary N) is 1. The molecule has 0 heterocycles. The Labute approximate surface area is 156 Å². The Morgan fingerprint density at radius 2 is 1.80 bits per heavy atom. The molecule has 0 saturated carbocycles. The molecule has 0 atom stereocenters. The minimum absolute atomic E-state index is 0.599. The fourth-order valence-corrected chi connectivity index (χ4v) is 2.93. The van der Waals surface area contributed by atoms with Gasteiger partial charge in [-0.15, -0.1) is 0 Å². The second-order valence-electron chi connectivity index (χ2n) is 6.06. The summed E-state index contributed by atoms with van der Waals surface area (Å²) in [5.41, 5.74) is 2.52. The van der Waals surface area contributed by atoms with E-state index in [4.69, 9.17) is 21.1 Å². The molecule has 0 aliphatic heterocycles. The van der Waals surface area contributed by atoms with Crippen molar-refractivity contribution in [3.8, 4) is 11.5 Å². The molecule has 2 N–H and O–H groups in total. The van der Waals surface area contributed by atoms with Crippen LogP contribution in [0.2, 0.25) is 5.02 Å². The normalized spacial score (nSPS) is 10.7. The highest BCUT2D eigenvalue weighted by Gasteiger charge is 2.13. The van der Waals surface area contributed by atoms with Crippen LogP contribution in [-0.4, -0.2) is 19.8 Å². The van der Waals surface area contributed by atoms with Crippen molar-refractivity contribution >= 4 is 11.6 Å². The van der Waals surface area contributed by atoms with E-state index in [2.05, 4.69) is 48.6 Å². The van der Waals surface area contributed by atoms with E-state index < -0.39 is 0 Å². The van der Waals surface area contributed by atoms with Gasteiger partial charge < -0.3 is 14.8 Å². The van der Waals surface area contributed by atoms with Crippen LogP contribution in [0.3, 0.4) is 0 Å². The predicted octanol–water partition coefficient (Wildman–Crippen LogP) is 4.22. The second kappa shape index (κ2) is 11.0. The lowest BCUT2D eigenvalue weighted by atomic mass is 10.1. The number of halogens is 1. The van der Waals surface area contributed by atoms with Crippen molar-refractivity contribution in [1.29, 1.82) is 0 Å². The third-order valence-electron chi connectivity index (χ3n) is 3.97. The molecule has 2 aromatic carbocycles. The summed E-state index contributed by atoms with van der Waals surface area (Å²) in [7, 11) is 0. The highest BCUT2D eigenvalue weighted by Crippen LogP contribution is 2.36. The van der Waals surface area contributed by atoms with E-state index in [0.717, 1.165) is 43.7 Å². The summed E-state index contributed by atoms with van der Waals surface area (Å²) < 4.78 is 11.6. The lowest BCUT2D eigenvalue weighted by Gasteiger charge is -2.15. The van der Waals surface area contributed by atoms with Crippen LogP contribution in [-0.2, 0) is 13.0 Å². The fraction of sp³-hybridized carbons (Fsp3) is 0.429. The van der Waals surface area contributed by atoms with Crippen molar-refractivity contribution in [3.63, 3.8) is 0 Å². The van der Waals surface area contributed by atoms with Crippen molar-refractivity contribution < 1.29 is 14.8 Å². The Kier molecular flexibility index (Phi) is 8.64. The number of hydrogen-bond donors (Lipinski definition) is 1. The molecule has 4 heteroatoms. The number of rotatable bonds is 11. The fourth-order valence-electron chi connectivity index (χ4n) is 2.64. The first-order valence-electron chi connectivity index (χ1n) is 9.18. The van der Waals surface area contributed by atoms with Gasteiger partial charge in [-0.05, 0) is 31.0 Å². The molecule has 0 aliphatic rings. The summed E-state index contributed by atoms with van der Waals surface area (Å²) in [6, 6.07) is 14.6. The highest BCUT2D eigenvalue weighted by atomic mass is 35.5. The molecule has 3 nitrogen and oxygen atoms in total. The van der Waals surface area contributed by atoms with E-state index in [0.29, 0.717) is 24.0 Å². The summed E-state index contributed by atoms with van der Waals surface area (Å²) >= 11 is 6.44. The molecular formula is C21H29ClNO2+. The number of hydrogen-bond acceptors (Lipinski definition) is 2. The predicted molar refractivity (Wildman–Crippen MR) is 104 cm³/mol. The van der Waals surface area contributed by atoms with Crippen LogP contribution in [0, 0.1) is 0 Å². The molecule has 2 rings (SSSR count). The Bertz CT molecular complexity index is 631. The smallest absolute Gasteiger partial charge is 0.179 e. The van der Waals surface area contributed by atoms with Crippen LogP contribution in [0.15, 0.2) is 42.5 Å². The third-order valence-corrected chi connectivity index (χ3v) is 4.25. The van der Waals surface area contributed by atoms with Crippen LogP contribution in [0.5, 0.6) is 11.5 Å². The molecule has 136 valence electrons. The summed E-state index contributed by atoms with van der Waals surface area (Å²) in [4.78, 5) is 0. The quantitative estimate of drug-likeness (QED) is 0.607. The molecule has 0 aromatic heterocycles. The zero-order valence-electron chi connectivity index (χ0n) is 15.3. The van der Waals surface area contributed by atoms with Crippen molar-refractivity contribution in [2.24, 2.45) is 0 Å². The lowest BCUT2D eigenvalue weighted by Crippen LogP contribution is -2.83. The lowest BCUT2D eigenvalue weighted by molar-refractivity contribution is -0.670. The number of ether oxygens (including phenoxy) is 2. The average molecular weight is 363 g/mol. The summed E-state index contributed by atoms with van der Waals surface area (Å²) in [5.74, 6) is 1.42. The zero-order chi connectivity index (χ0) is 17.9. The molecule has 0 radical (unpaired) electrons. The first-order chi connectivity index (χ1) is 12.2. The van der Waals surface area contributed by atoms with Gasteiger partial charge in [0.2, 0.25) is 0 Å². The van der Waals surface area contributed by atoms with Gasteiger partial charge in [0.15, 0.2) is 11.5 Å². The number of quaternary nitrogens is 1. The summed E-state index contributed by atoms with van der Waals surface area (Å²) in [6.07, 6.45) is 3.16. The van der Waals surface area contributed by atoms with Crippen molar-refractivity contribution in [3.05, 3.63) is 58.6 Å². The van der Waals surface area contributed by atoms with E-state index in [9.17, 15) is 0 Å². The average Bonchev–Trinajstić information content (AvgIpc) is 2.62. The van der Waals surface area contributed by atoms with Crippen molar-refractivity contribution in [2.75, 3.05) is 19.8 Å². The largest absolute Gasteiger partial charge is 0.490 e. The van der Waals surface area contributed by atoms with Gasteiger partial charge in [0.25, 0.3) is 0 Å². The summed E-state index contributed by atoms with van der Waals surface area (Å²) in [6.45, 7) is 7.30. The van der Waals surface area contributed by atoms with Gasteiger partial charge in [0.1, 0.15) is 6.54 Å². The Hall–Kier alpha value is -1.71. The van der Waals surface area contributed by atoms with Crippen LogP contribution in [0.25, 0.3) is 0 Å². The topological polar surface area (TPSA) is 35.1 Å². The number of unbranched alkanes of at least 4 members (excludes halogenated alkanes) is 1. The Morgan fingerprint density at radius 3 is 2.52 bits per heavy atom. The van der Waals surface area contributed by atoms with Crippen LogP contribution < -0.4 is 14.8 Å². The molecule has 0 amide bonds. The molecule has 0 aliphatic carbocycles. The molecular weight excluding hydrogens is 334 g/mol. The SMILES string of the molecule is CCCCOc1c(Cl)cc(C[NH2+]CCc2ccccc2)cc1OCC. The van der Waals surface area contributed by atoms with Crippen LogP contribution in [0.1, 0.15) is 37.8 Å². The molecule has 0 unspecified atom stereocenters. The molecule has 25 heavy (non-hydrogen) atoms. The maximum atomic E-state index is 6.44. The van der Waals surface area contributed by atoms with E-state index in [1.807, 2.05) is 13.0 Å². The van der Waals surface area contributed by atoms with Crippen LogP contribution in [0.4, 0.5) is 0 Å². The van der Waals surface area contributed by atoms with Gasteiger partial charge in [-0.3, -0.25) is 0 Å². The number of benzene rings is 2. The van der Waals surface area contributed by atoms with Gasteiger partial charge in [-0.25, -0.2) is 0 Å². The van der Waals surface area contributed by atoms with Crippen molar-refractivity contribution in [2.45, 2.75) is 39.7 Å². The monoisotopic (exact) mass is 362 g/mol. The molecule has 0 spiro atoms. The van der Waals surface area contributed by atoms with E-state index >= 15 is 0 Å². The zero-order valence-corrected chi connectivity index (χ0v) is 16.0. The highest BCUT2D eigenvalue weighted by molar-refractivity contribution is 6.32. The minimum Gasteiger partial charge on any atom is -0.490 e. The Balaban J connectivity index is 1.93. The van der Waals surface area contributed by atoms with Gasteiger partial charge in [-0.1, -0.05) is 55.3 Å². The molecule has 0 fully saturated rings. The van der Waals surface area contributed by atoms with Gasteiger partial charge >= 0.3 is 0 Å². The Morgan fingerprint density at radius 1 is 1.00 bits per heavy atom. The van der Waals surface area contributed by atoms with Gasteiger partial charge in [0, 0.05) is 12.0 Å². The van der Waals surface area contributed by atoms with Gasteiger partial charge in [0.05, 0.1) is 24.8 Å². The van der Waals surface area contributed by atoms with E-state index in [1.165, 1.54) is 5.56 Å². The van der Waals surface area contributed by atoms with Gasteiger partial charge in [-0.2, -0.15) is 0 Å². The first-order valence-corrected chi connectivity index (χ1v) is 9.56. The maximum absolute atomic E-state index is 6.44.